The third-order valence-electron chi connectivity index (χ3n) is 3.44. The van der Waals surface area contributed by atoms with Gasteiger partial charge in [-0.1, -0.05) is 12.6 Å². The maximum atomic E-state index is 5.91. The van der Waals surface area contributed by atoms with Crippen molar-refractivity contribution < 1.29 is 4.74 Å². The van der Waals surface area contributed by atoms with Gasteiger partial charge in [0, 0.05) is 18.3 Å². The lowest BCUT2D eigenvalue weighted by Crippen LogP contribution is -2.02. The summed E-state index contributed by atoms with van der Waals surface area (Å²) in [6.07, 6.45) is 1.98. The Labute approximate surface area is 129 Å². The van der Waals surface area contributed by atoms with Crippen molar-refractivity contribution in [3.8, 4) is 17.0 Å². The first-order chi connectivity index (χ1) is 10.7. The van der Waals surface area contributed by atoms with Crippen molar-refractivity contribution in [2.75, 3.05) is 6.61 Å². The van der Waals surface area contributed by atoms with E-state index < -0.39 is 0 Å². The molecule has 0 amide bonds. The van der Waals surface area contributed by atoms with Crippen molar-refractivity contribution in [2.45, 2.75) is 13.5 Å². The zero-order valence-electron chi connectivity index (χ0n) is 12.6. The first kappa shape index (κ1) is 14.4. The number of hydrogen-bond donors (Lipinski definition) is 1. The second kappa shape index (κ2) is 6.03. The molecule has 22 heavy (non-hydrogen) atoms. The van der Waals surface area contributed by atoms with Crippen molar-refractivity contribution in [1.82, 2.24) is 9.38 Å². The molecule has 0 bridgehead atoms. The molecule has 2 aromatic heterocycles. The van der Waals surface area contributed by atoms with E-state index in [0.717, 1.165) is 33.9 Å². The Morgan fingerprint density at radius 1 is 1.23 bits per heavy atom. The van der Waals surface area contributed by atoms with E-state index in [1.807, 2.05) is 60.0 Å². The van der Waals surface area contributed by atoms with Crippen LogP contribution < -0.4 is 10.5 Å². The lowest BCUT2D eigenvalue weighted by atomic mass is 10.1. The number of benzene rings is 1. The van der Waals surface area contributed by atoms with Gasteiger partial charge in [0.25, 0.3) is 0 Å². The number of aromatic nitrogens is 2. The minimum Gasteiger partial charge on any atom is -0.489 e. The number of nitrogens with two attached hydrogens (primary N) is 1. The normalized spacial score (nSPS) is 10.8. The van der Waals surface area contributed by atoms with Crippen molar-refractivity contribution >= 4 is 5.65 Å². The van der Waals surface area contributed by atoms with E-state index in [4.69, 9.17) is 10.5 Å². The van der Waals surface area contributed by atoms with Crippen LogP contribution in [0, 0.1) is 0 Å². The van der Waals surface area contributed by atoms with Gasteiger partial charge >= 0.3 is 0 Å². The number of ether oxygens (including phenoxy) is 1. The molecule has 112 valence electrons. The van der Waals surface area contributed by atoms with E-state index in [2.05, 4.69) is 11.6 Å². The number of nitrogens with zero attached hydrogens (tertiary/aromatic N) is 2. The smallest absolute Gasteiger partial charge is 0.137 e. The minimum absolute atomic E-state index is 0.439. The lowest BCUT2D eigenvalue weighted by Gasteiger charge is -2.07. The minimum atomic E-state index is 0.439. The van der Waals surface area contributed by atoms with Crippen molar-refractivity contribution in [1.29, 1.82) is 0 Å². The lowest BCUT2D eigenvalue weighted by molar-refractivity contribution is 0.353. The number of hydrogen-bond acceptors (Lipinski definition) is 3. The van der Waals surface area contributed by atoms with Gasteiger partial charge in [0.2, 0.25) is 0 Å². The fourth-order valence-electron chi connectivity index (χ4n) is 2.39. The van der Waals surface area contributed by atoms with Gasteiger partial charge in [-0.2, -0.15) is 0 Å². The standard InChI is InChI=1S/C18H19N3O/c1-13(2)12-22-15-8-6-14(7-9-15)18-16(11-19)21-10-4-3-5-17(21)20-18/h3-10H,1,11-12,19H2,2H3. The molecule has 0 radical (unpaired) electrons. The van der Waals surface area contributed by atoms with Crippen LogP contribution in [0.1, 0.15) is 12.6 Å². The fourth-order valence-corrected chi connectivity index (χ4v) is 2.39. The van der Waals surface area contributed by atoms with Crippen LogP contribution in [0.25, 0.3) is 16.9 Å². The van der Waals surface area contributed by atoms with Crippen LogP contribution in [-0.4, -0.2) is 16.0 Å². The van der Waals surface area contributed by atoms with Crippen LogP contribution in [0.4, 0.5) is 0 Å². The summed E-state index contributed by atoms with van der Waals surface area (Å²) < 4.78 is 7.65. The summed E-state index contributed by atoms with van der Waals surface area (Å²) in [5, 5.41) is 0. The SMILES string of the molecule is C=C(C)COc1ccc(-c2nc3ccccn3c2CN)cc1. The quantitative estimate of drug-likeness (QED) is 0.733. The van der Waals surface area contributed by atoms with Crippen LogP contribution in [-0.2, 0) is 6.54 Å². The maximum Gasteiger partial charge on any atom is 0.137 e. The summed E-state index contributed by atoms with van der Waals surface area (Å²) in [7, 11) is 0. The fraction of sp³-hybridized carbons (Fsp3) is 0.167. The van der Waals surface area contributed by atoms with Crippen LogP contribution in [0.3, 0.4) is 0 Å². The van der Waals surface area contributed by atoms with E-state index in [9.17, 15) is 0 Å². The third kappa shape index (κ3) is 2.73. The Kier molecular flexibility index (Phi) is 3.94. The molecule has 0 aliphatic carbocycles. The zero-order valence-corrected chi connectivity index (χ0v) is 12.6. The summed E-state index contributed by atoms with van der Waals surface area (Å²) in [5.41, 5.74) is 10.8. The second-order valence-electron chi connectivity index (χ2n) is 5.31. The monoisotopic (exact) mass is 293 g/mol. The highest BCUT2D eigenvalue weighted by atomic mass is 16.5. The van der Waals surface area contributed by atoms with Gasteiger partial charge < -0.3 is 14.9 Å². The molecule has 0 spiro atoms. The predicted octanol–water partition coefficient (Wildman–Crippen LogP) is 3.41. The van der Waals surface area contributed by atoms with Crippen LogP contribution in [0.15, 0.2) is 60.8 Å². The molecule has 0 aliphatic rings. The molecular formula is C18H19N3O. The maximum absolute atomic E-state index is 5.91. The molecule has 2 N–H and O–H groups in total. The Balaban J connectivity index is 1.95. The molecule has 3 aromatic rings. The Morgan fingerprint density at radius 2 is 2.00 bits per heavy atom. The molecule has 0 saturated heterocycles. The van der Waals surface area contributed by atoms with Gasteiger partial charge in [0.1, 0.15) is 18.0 Å². The zero-order chi connectivity index (χ0) is 15.5. The first-order valence-electron chi connectivity index (χ1n) is 7.22. The molecule has 2 heterocycles. The highest BCUT2D eigenvalue weighted by Crippen LogP contribution is 2.26. The van der Waals surface area contributed by atoms with Crippen molar-refractivity contribution in [3.63, 3.8) is 0 Å². The second-order valence-corrected chi connectivity index (χ2v) is 5.31. The topological polar surface area (TPSA) is 52.5 Å². The van der Waals surface area contributed by atoms with Gasteiger partial charge in [-0.25, -0.2) is 4.98 Å². The molecule has 0 fully saturated rings. The summed E-state index contributed by atoms with van der Waals surface area (Å²) in [4.78, 5) is 4.69. The van der Waals surface area contributed by atoms with Crippen LogP contribution in [0.2, 0.25) is 0 Å². The molecule has 0 atom stereocenters. The summed E-state index contributed by atoms with van der Waals surface area (Å²) in [5.74, 6) is 0.824. The van der Waals surface area contributed by atoms with Gasteiger partial charge in [0.15, 0.2) is 0 Å². The predicted molar refractivity (Wildman–Crippen MR) is 88.8 cm³/mol. The Hall–Kier alpha value is -2.59. The molecular weight excluding hydrogens is 274 g/mol. The van der Waals surface area contributed by atoms with Crippen LogP contribution >= 0.6 is 0 Å². The van der Waals surface area contributed by atoms with E-state index in [1.54, 1.807) is 0 Å². The van der Waals surface area contributed by atoms with E-state index in [1.165, 1.54) is 0 Å². The van der Waals surface area contributed by atoms with Gasteiger partial charge in [0.05, 0.1) is 11.4 Å². The molecule has 0 aliphatic heterocycles. The highest BCUT2D eigenvalue weighted by molar-refractivity contribution is 5.67. The highest BCUT2D eigenvalue weighted by Gasteiger charge is 2.12. The number of pyridine rings is 1. The molecule has 1 aromatic carbocycles. The average Bonchev–Trinajstić information content (AvgIpc) is 2.92. The summed E-state index contributed by atoms with van der Waals surface area (Å²) in [6.45, 7) is 6.74. The summed E-state index contributed by atoms with van der Waals surface area (Å²) >= 11 is 0. The molecule has 0 unspecified atom stereocenters. The van der Waals surface area contributed by atoms with Gasteiger partial charge in [-0.3, -0.25) is 0 Å². The van der Waals surface area contributed by atoms with Crippen molar-refractivity contribution in [2.24, 2.45) is 5.73 Å². The Morgan fingerprint density at radius 3 is 2.68 bits per heavy atom. The largest absolute Gasteiger partial charge is 0.489 e. The molecule has 3 rings (SSSR count). The Bertz CT molecular complexity index is 803. The van der Waals surface area contributed by atoms with E-state index in [0.29, 0.717) is 13.2 Å². The molecule has 0 saturated carbocycles. The summed E-state index contributed by atoms with van der Waals surface area (Å²) in [6, 6.07) is 13.8. The number of fused-ring (bicyclic) bond motifs is 1. The van der Waals surface area contributed by atoms with E-state index >= 15 is 0 Å². The van der Waals surface area contributed by atoms with Crippen molar-refractivity contribution in [3.05, 3.63) is 66.5 Å². The third-order valence-corrected chi connectivity index (χ3v) is 3.44. The average molecular weight is 293 g/mol. The van der Waals surface area contributed by atoms with E-state index in [-0.39, 0.29) is 0 Å². The van der Waals surface area contributed by atoms with Crippen LogP contribution in [0.5, 0.6) is 5.75 Å². The van der Waals surface area contributed by atoms with Gasteiger partial charge in [-0.15, -0.1) is 0 Å². The number of rotatable bonds is 5. The molecule has 4 nitrogen and oxygen atoms in total. The van der Waals surface area contributed by atoms with Gasteiger partial charge in [-0.05, 0) is 48.9 Å². The number of imidazole rings is 1. The molecule has 4 heteroatoms. The first-order valence-corrected chi connectivity index (χ1v) is 7.22.